The van der Waals surface area contributed by atoms with Crippen LogP contribution in [0.15, 0.2) is 18.3 Å². The van der Waals surface area contributed by atoms with Crippen LogP contribution in [0.2, 0.25) is 0 Å². The number of pyridine rings is 1. The Morgan fingerprint density at radius 2 is 2.27 bits per heavy atom. The first kappa shape index (κ1) is 9.86. The van der Waals surface area contributed by atoms with Gasteiger partial charge in [-0.15, -0.1) is 0 Å². The zero-order chi connectivity index (χ0) is 11.0. The molecular weight excluding hydrogens is 190 g/mol. The number of aromatic nitrogens is 2. The Bertz CT molecular complexity index is 528. The van der Waals surface area contributed by atoms with Crippen molar-refractivity contribution in [1.82, 2.24) is 9.38 Å². The van der Waals surface area contributed by atoms with Crippen LogP contribution in [0, 0.1) is 13.8 Å². The van der Waals surface area contributed by atoms with Crippen LogP contribution in [0.1, 0.15) is 21.7 Å². The molecule has 0 bridgehead atoms. The standard InChI is InChI=1S/C11H13N3O/c1-7-4-3-5-14-10(9(15)6-12)8(2)13-11(7)14/h3-5H,6,12H2,1-2H3. The van der Waals surface area contributed by atoms with E-state index >= 15 is 0 Å². The second-order valence-corrected chi connectivity index (χ2v) is 3.56. The lowest BCUT2D eigenvalue weighted by Gasteiger charge is -2.00. The lowest BCUT2D eigenvalue weighted by atomic mass is 10.2. The van der Waals surface area contributed by atoms with Gasteiger partial charge in [-0.2, -0.15) is 0 Å². The van der Waals surface area contributed by atoms with Gasteiger partial charge in [0.25, 0.3) is 0 Å². The van der Waals surface area contributed by atoms with Crippen molar-refractivity contribution in [1.29, 1.82) is 0 Å². The highest BCUT2D eigenvalue weighted by atomic mass is 16.1. The zero-order valence-electron chi connectivity index (χ0n) is 8.82. The molecule has 15 heavy (non-hydrogen) atoms. The lowest BCUT2D eigenvalue weighted by molar-refractivity contribution is 0.0995. The van der Waals surface area contributed by atoms with E-state index < -0.39 is 0 Å². The summed E-state index contributed by atoms with van der Waals surface area (Å²) in [5.41, 5.74) is 8.58. The number of aryl methyl sites for hydroxylation is 2. The van der Waals surface area contributed by atoms with Crippen LogP contribution in [0.3, 0.4) is 0 Å². The Labute approximate surface area is 87.7 Å². The third-order valence-corrected chi connectivity index (χ3v) is 2.47. The van der Waals surface area contributed by atoms with Gasteiger partial charge < -0.3 is 5.73 Å². The van der Waals surface area contributed by atoms with Gasteiger partial charge in [0.05, 0.1) is 12.2 Å². The van der Waals surface area contributed by atoms with E-state index in [1.165, 1.54) is 0 Å². The SMILES string of the molecule is Cc1nc2c(C)cccn2c1C(=O)CN. The number of Topliss-reactive ketones (excluding diaryl/α,β-unsaturated/α-hetero) is 1. The first-order valence-electron chi connectivity index (χ1n) is 4.82. The lowest BCUT2D eigenvalue weighted by Crippen LogP contribution is -2.16. The molecule has 0 spiro atoms. The number of hydrogen-bond donors (Lipinski definition) is 1. The molecule has 2 aromatic rings. The summed E-state index contributed by atoms with van der Waals surface area (Å²) in [7, 11) is 0. The Balaban J connectivity index is 2.79. The van der Waals surface area contributed by atoms with Gasteiger partial charge in [0.2, 0.25) is 0 Å². The number of carbonyl (C=O) groups is 1. The highest BCUT2D eigenvalue weighted by Crippen LogP contribution is 2.15. The van der Waals surface area contributed by atoms with Gasteiger partial charge in [-0.05, 0) is 25.5 Å². The summed E-state index contributed by atoms with van der Waals surface area (Å²) in [5, 5.41) is 0. The summed E-state index contributed by atoms with van der Waals surface area (Å²) in [6.07, 6.45) is 1.84. The van der Waals surface area contributed by atoms with Gasteiger partial charge in [-0.1, -0.05) is 6.07 Å². The molecule has 0 saturated heterocycles. The summed E-state index contributed by atoms with van der Waals surface area (Å²) >= 11 is 0. The molecule has 2 aromatic heterocycles. The number of carbonyl (C=O) groups excluding carboxylic acids is 1. The Morgan fingerprint density at radius 1 is 1.53 bits per heavy atom. The molecule has 0 atom stereocenters. The fourth-order valence-corrected chi connectivity index (χ4v) is 1.75. The van der Waals surface area contributed by atoms with Gasteiger partial charge in [0.1, 0.15) is 11.3 Å². The molecule has 0 aromatic carbocycles. The van der Waals surface area contributed by atoms with E-state index in [-0.39, 0.29) is 12.3 Å². The van der Waals surface area contributed by atoms with Crippen LogP contribution >= 0.6 is 0 Å². The highest BCUT2D eigenvalue weighted by Gasteiger charge is 2.15. The average molecular weight is 203 g/mol. The van der Waals surface area contributed by atoms with Gasteiger partial charge in [-0.3, -0.25) is 9.20 Å². The van der Waals surface area contributed by atoms with Crippen LogP contribution in [0.5, 0.6) is 0 Å². The van der Waals surface area contributed by atoms with E-state index in [4.69, 9.17) is 5.73 Å². The fourth-order valence-electron chi connectivity index (χ4n) is 1.75. The third kappa shape index (κ3) is 1.43. The van der Waals surface area contributed by atoms with E-state index in [2.05, 4.69) is 4.98 Å². The molecule has 2 N–H and O–H groups in total. The number of hydrogen-bond acceptors (Lipinski definition) is 3. The minimum Gasteiger partial charge on any atom is -0.324 e. The van der Waals surface area contributed by atoms with Crippen molar-refractivity contribution >= 4 is 11.4 Å². The maximum Gasteiger partial charge on any atom is 0.194 e. The molecule has 0 aliphatic rings. The Hall–Kier alpha value is -1.68. The smallest absolute Gasteiger partial charge is 0.194 e. The largest absolute Gasteiger partial charge is 0.324 e. The Morgan fingerprint density at radius 3 is 2.93 bits per heavy atom. The molecule has 0 saturated carbocycles. The van der Waals surface area contributed by atoms with Crippen molar-refractivity contribution in [3.63, 3.8) is 0 Å². The quantitative estimate of drug-likeness (QED) is 0.743. The van der Waals surface area contributed by atoms with Crippen LogP contribution in [0.25, 0.3) is 5.65 Å². The van der Waals surface area contributed by atoms with E-state index in [1.54, 1.807) is 4.40 Å². The molecule has 0 radical (unpaired) electrons. The molecule has 0 aliphatic carbocycles. The van der Waals surface area contributed by atoms with Crippen molar-refractivity contribution < 1.29 is 4.79 Å². The van der Waals surface area contributed by atoms with Crippen molar-refractivity contribution in [3.8, 4) is 0 Å². The third-order valence-electron chi connectivity index (χ3n) is 2.47. The van der Waals surface area contributed by atoms with Gasteiger partial charge >= 0.3 is 0 Å². The minimum atomic E-state index is -0.0781. The van der Waals surface area contributed by atoms with Crippen molar-refractivity contribution in [2.24, 2.45) is 5.73 Å². The van der Waals surface area contributed by atoms with Crippen LogP contribution < -0.4 is 5.73 Å². The second kappa shape index (κ2) is 3.47. The normalized spacial score (nSPS) is 10.9. The molecule has 78 valence electrons. The number of rotatable bonds is 2. The molecule has 4 nitrogen and oxygen atoms in total. The molecule has 0 fully saturated rings. The summed E-state index contributed by atoms with van der Waals surface area (Å²) in [5.74, 6) is -0.0781. The number of fused-ring (bicyclic) bond motifs is 1. The Kier molecular flexibility index (Phi) is 2.28. The number of nitrogens with zero attached hydrogens (tertiary/aromatic N) is 2. The van der Waals surface area contributed by atoms with Gasteiger partial charge in [0, 0.05) is 6.20 Å². The average Bonchev–Trinajstić information content (AvgIpc) is 2.55. The summed E-state index contributed by atoms with van der Waals surface area (Å²) in [6.45, 7) is 3.82. The molecule has 0 amide bonds. The van der Waals surface area contributed by atoms with Crippen LogP contribution in [-0.2, 0) is 0 Å². The van der Waals surface area contributed by atoms with Gasteiger partial charge in [-0.25, -0.2) is 4.98 Å². The van der Waals surface area contributed by atoms with E-state index in [0.29, 0.717) is 5.69 Å². The molecule has 0 unspecified atom stereocenters. The minimum absolute atomic E-state index is 0.0164. The predicted octanol–water partition coefficient (Wildman–Crippen LogP) is 1.09. The molecule has 2 rings (SSSR count). The number of ketones is 1. The number of imidazole rings is 1. The van der Waals surface area contributed by atoms with Crippen LogP contribution in [0.4, 0.5) is 0 Å². The van der Waals surface area contributed by atoms with Crippen molar-refractivity contribution in [2.75, 3.05) is 6.54 Å². The molecular formula is C11H13N3O. The second-order valence-electron chi connectivity index (χ2n) is 3.56. The summed E-state index contributed by atoms with van der Waals surface area (Å²) in [4.78, 5) is 16.0. The van der Waals surface area contributed by atoms with Crippen molar-refractivity contribution in [3.05, 3.63) is 35.3 Å². The molecule has 2 heterocycles. The van der Waals surface area contributed by atoms with E-state index in [9.17, 15) is 4.79 Å². The maximum absolute atomic E-state index is 11.6. The van der Waals surface area contributed by atoms with Crippen LogP contribution in [-0.4, -0.2) is 21.7 Å². The summed E-state index contributed by atoms with van der Waals surface area (Å²) < 4.78 is 1.81. The zero-order valence-corrected chi connectivity index (χ0v) is 8.82. The monoisotopic (exact) mass is 203 g/mol. The van der Waals surface area contributed by atoms with E-state index in [1.807, 2.05) is 32.2 Å². The number of nitrogens with two attached hydrogens (primary N) is 1. The summed E-state index contributed by atoms with van der Waals surface area (Å²) in [6, 6.07) is 3.87. The first-order chi connectivity index (χ1) is 7.15. The van der Waals surface area contributed by atoms with E-state index in [0.717, 1.165) is 16.9 Å². The van der Waals surface area contributed by atoms with Gasteiger partial charge in [0.15, 0.2) is 5.78 Å². The maximum atomic E-state index is 11.6. The topological polar surface area (TPSA) is 60.4 Å². The molecule has 4 heteroatoms. The predicted molar refractivity (Wildman–Crippen MR) is 58.1 cm³/mol. The fraction of sp³-hybridized carbons (Fsp3) is 0.273. The first-order valence-corrected chi connectivity index (χ1v) is 4.82. The molecule has 0 aliphatic heterocycles. The van der Waals surface area contributed by atoms with Crippen molar-refractivity contribution in [2.45, 2.75) is 13.8 Å². The highest BCUT2D eigenvalue weighted by molar-refractivity contribution is 5.97.